The van der Waals surface area contributed by atoms with Gasteiger partial charge in [-0.25, -0.2) is 9.38 Å². The van der Waals surface area contributed by atoms with E-state index in [1.807, 2.05) is 67.6 Å². The third-order valence-corrected chi connectivity index (χ3v) is 5.24. The Morgan fingerprint density at radius 2 is 1.70 bits per heavy atom. The third kappa shape index (κ3) is 4.22. The number of ether oxygens (including phenoxy) is 1. The fraction of sp³-hybridized carbons (Fsp3) is 0.200. The van der Waals surface area contributed by atoms with Crippen molar-refractivity contribution in [1.29, 1.82) is 0 Å². The molecule has 1 heterocycles. The lowest BCUT2D eigenvalue weighted by molar-refractivity contribution is -0.114. The van der Waals surface area contributed by atoms with Gasteiger partial charge in [-0.2, -0.15) is 0 Å². The van der Waals surface area contributed by atoms with Gasteiger partial charge in [-0.05, 0) is 25.1 Å². The van der Waals surface area contributed by atoms with Crippen molar-refractivity contribution in [3.63, 3.8) is 0 Å². The molecule has 4 nitrogen and oxygen atoms in total. The molecule has 30 heavy (non-hydrogen) atoms. The van der Waals surface area contributed by atoms with Crippen molar-refractivity contribution in [3.8, 4) is 0 Å². The number of rotatable bonds is 5. The maximum absolute atomic E-state index is 14.8. The summed E-state index contributed by atoms with van der Waals surface area (Å²) in [5.74, 6) is -0.361. The van der Waals surface area contributed by atoms with E-state index in [0.717, 1.165) is 23.1 Å². The number of nitrogens with zero attached hydrogens (tertiary/aromatic N) is 1. The molecule has 0 bridgehead atoms. The van der Waals surface area contributed by atoms with Crippen LogP contribution < -0.4 is 5.32 Å². The second kappa shape index (κ2) is 8.69. The Bertz CT molecular complexity index is 1010. The number of carbonyl (C=O) groups excluding carboxylic acids is 1. The molecule has 1 aliphatic rings. The first-order chi connectivity index (χ1) is 14.6. The van der Waals surface area contributed by atoms with Crippen LogP contribution in [0.2, 0.25) is 0 Å². The quantitative estimate of drug-likeness (QED) is 0.508. The van der Waals surface area contributed by atoms with Crippen molar-refractivity contribution < 1.29 is 13.9 Å². The first-order valence-electron chi connectivity index (χ1n) is 9.89. The number of hydrogen-bond donors (Lipinski definition) is 1. The number of aliphatic imine (C=N–C) groups is 1. The molecule has 1 fully saturated rings. The Balaban J connectivity index is 1.78. The molecular weight excluding hydrogens is 379 g/mol. The number of aldehydes is 1. The van der Waals surface area contributed by atoms with Gasteiger partial charge in [0.15, 0.2) is 0 Å². The fourth-order valence-electron chi connectivity index (χ4n) is 3.73. The first kappa shape index (κ1) is 20.1. The average Bonchev–Trinajstić information content (AvgIpc) is 2.79. The summed E-state index contributed by atoms with van der Waals surface area (Å²) in [6.07, 6.45) is 0.792. The van der Waals surface area contributed by atoms with E-state index >= 15 is 0 Å². The number of benzene rings is 3. The predicted octanol–water partition coefficient (Wildman–Crippen LogP) is 4.40. The number of hydrogen-bond acceptors (Lipinski definition) is 4. The topological polar surface area (TPSA) is 50.7 Å². The van der Waals surface area contributed by atoms with Gasteiger partial charge in [0, 0.05) is 16.7 Å². The van der Waals surface area contributed by atoms with Gasteiger partial charge in [0.2, 0.25) is 0 Å². The number of morpholine rings is 1. The molecule has 1 aliphatic heterocycles. The highest BCUT2D eigenvalue weighted by Crippen LogP contribution is 2.31. The van der Waals surface area contributed by atoms with Crippen molar-refractivity contribution in [2.45, 2.75) is 18.5 Å². The fourth-order valence-corrected chi connectivity index (χ4v) is 3.73. The SMILES string of the molecule is C[C@@]1(c2cc(N=C(c3ccccc3)c3ccccc3)ccc2F)COCC(C=O)N1. The van der Waals surface area contributed by atoms with Crippen LogP contribution in [0.4, 0.5) is 10.1 Å². The van der Waals surface area contributed by atoms with E-state index in [-0.39, 0.29) is 19.0 Å². The van der Waals surface area contributed by atoms with Crippen LogP contribution in [0.25, 0.3) is 0 Å². The highest BCUT2D eigenvalue weighted by molar-refractivity contribution is 6.13. The monoisotopic (exact) mass is 402 g/mol. The molecule has 3 aromatic carbocycles. The first-order valence-corrected chi connectivity index (χ1v) is 9.89. The molecule has 4 rings (SSSR count). The lowest BCUT2D eigenvalue weighted by Gasteiger charge is -2.38. The summed E-state index contributed by atoms with van der Waals surface area (Å²) in [7, 11) is 0. The summed E-state index contributed by atoms with van der Waals surface area (Å²) >= 11 is 0. The molecule has 5 heteroatoms. The zero-order valence-corrected chi connectivity index (χ0v) is 16.7. The molecular formula is C25H23FN2O2. The number of carbonyl (C=O) groups is 1. The van der Waals surface area contributed by atoms with Gasteiger partial charge in [-0.3, -0.25) is 5.32 Å². The maximum atomic E-state index is 14.8. The van der Waals surface area contributed by atoms with Crippen molar-refractivity contribution in [1.82, 2.24) is 5.32 Å². The van der Waals surface area contributed by atoms with E-state index in [9.17, 15) is 9.18 Å². The molecule has 152 valence electrons. The van der Waals surface area contributed by atoms with Gasteiger partial charge in [-0.15, -0.1) is 0 Å². The molecule has 1 N–H and O–H groups in total. The Kier molecular flexibility index (Phi) is 5.84. The van der Waals surface area contributed by atoms with Crippen molar-refractivity contribution in [2.75, 3.05) is 13.2 Å². The molecule has 0 aliphatic carbocycles. The zero-order valence-electron chi connectivity index (χ0n) is 16.7. The minimum atomic E-state index is -0.820. The summed E-state index contributed by atoms with van der Waals surface area (Å²) in [6.45, 7) is 2.39. The van der Waals surface area contributed by atoms with Crippen LogP contribution in [0.1, 0.15) is 23.6 Å². The van der Waals surface area contributed by atoms with Gasteiger partial charge in [-0.1, -0.05) is 60.7 Å². The predicted molar refractivity (Wildman–Crippen MR) is 116 cm³/mol. The standard InChI is InChI=1S/C25H23FN2O2/c1-25(17-30-16-21(15-29)28-25)22-14-20(12-13-23(22)26)27-24(18-8-4-2-5-9-18)19-10-6-3-7-11-19/h2-15,21,28H,16-17H2,1H3/t21?,25-/m0/s1. The number of halogens is 1. The molecule has 1 unspecified atom stereocenters. The van der Waals surface area contributed by atoms with E-state index in [4.69, 9.17) is 9.73 Å². The largest absolute Gasteiger partial charge is 0.377 e. The molecule has 0 saturated carbocycles. The summed E-state index contributed by atoms with van der Waals surface area (Å²) in [5.41, 5.74) is 2.99. The second-order valence-electron chi connectivity index (χ2n) is 7.59. The molecule has 1 saturated heterocycles. The van der Waals surface area contributed by atoms with Gasteiger partial charge in [0.1, 0.15) is 12.1 Å². The van der Waals surface area contributed by atoms with Crippen LogP contribution in [0.3, 0.4) is 0 Å². The molecule has 0 aromatic heterocycles. The Morgan fingerprint density at radius 3 is 2.30 bits per heavy atom. The molecule has 0 radical (unpaired) electrons. The summed E-state index contributed by atoms with van der Waals surface area (Å²) in [6, 6.07) is 24.1. The normalized spacial score (nSPS) is 21.1. The van der Waals surface area contributed by atoms with Gasteiger partial charge < -0.3 is 9.53 Å². The van der Waals surface area contributed by atoms with Crippen LogP contribution in [-0.2, 0) is 15.1 Å². The lowest BCUT2D eigenvalue weighted by Crippen LogP contribution is -2.56. The third-order valence-electron chi connectivity index (χ3n) is 5.24. The van der Waals surface area contributed by atoms with E-state index in [1.54, 1.807) is 12.1 Å². The average molecular weight is 402 g/mol. The highest BCUT2D eigenvalue weighted by Gasteiger charge is 2.36. The summed E-state index contributed by atoms with van der Waals surface area (Å²) in [5, 5.41) is 3.20. The van der Waals surface area contributed by atoms with Crippen molar-refractivity contribution in [2.24, 2.45) is 4.99 Å². The molecule has 3 aromatic rings. The summed E-state index contributed by atoms with van der Waals surface area (Å²) in [4.78, 5) is 16.1. The van der Waals surface area contributed by atoms with Crippen molar-refractivity contribution in [3.05, 3.63) is 101 Å². The van der Waals surface area contributed by atoms with Crippen LogP contribution in [-0.4, -0.2) is 31.3 Å². The minimum absolute atomic E-state index is 0.269. The van der Waals surface area contributed by atoms with Crippen molar-refractivity contribution >= 4 is 17.7 Å². The van der Waals surface area contributed by atoms with Crippen LogP contribution in [0.15, 0.2) is 83.9 Å². The van der Waals surface area contributed by atoms with Crippen LogP contribution in [0, 0.1) is 5.82 Å². The molecule has 0 spiro atoms. The maximum Gasteiger partial charge on any atom is 0.139 e. The minimum Gasteiger partial charge on any atom is -0.377 e. The van der Waals surface area contributed by atoms with E-state index in [2.05, 4.69) is 5.32 Å². The second-order valence-corrected chi connectivity index (χ2v) is 7.59. The molecule has 2 atom stereocenters. The Morgan fingerprint density at radius 1 is 1.07 bits per heavy atom. The van der Waals surface area contributed by atoms with Crippen LogP contribution in [0.5, 0.6) is 0 Å². The van der Waals surface area contributed by atoms with Gasteiger partial charge in [0.25, 0.3) is 0 Å². The smallest absolute Gasteiger partial charge is 0.139 e. The van der Waals surface area contributed by atoms with Gasteiger partial charge >= 0.3 is 0 Å². The summed E-state index contributed by atoms with van der Waals surface area (Å²) < 4.78 is 20.3. The van der Waals surface area contributed by atoms with E-state index in [1.165, 1.54) is 6.07 Å². The van der Waals surface area contributed by atoms with Gasteiger partial charge in [0.05, 0.1) is 36.2 Å². The zero-order chi connectivity index (χ0) is 21.0. The lowest BCUT2D eigenvalue weighted by atomic mass is 9.89. The highest BCUT2D eigenvalue weighted by atomic mass is 19.1. The number of nitrogens with one attached hydrogen (secondary N) is 1. The van der Waals surface area contributed by atoms with Crippen LogP contribution >= 0.6 is 0 Å². The Hall–Kier alpha value is -3.15. The van der Waals surface area contributed by atoms with E-state index < -0.39 is 11.6 Å². The molecule has 0 amide bonds. The Labute approximate surface area is 175 Å². The van der Waals surface area contributed by atoms with E-state index in [0.29, 0.717) is 11.3 Å².